The average Bonchev–Trinajstić information content (AvgIpc) is 2.37. The van der Waals surface area contributed by atoms with Gasteiger partial charge in [0.25, 0.3) is 0 Å². The summed E-state index contributed by atoms with van der Waals surface area (Å²) in [5.41, 5.74) is 1.56. The molecule has 4 nitrogen and oxygen atoms in total. The number of nitriles is 1. The van der Waals surface area contributed by atoms with E-state index in [1.165, 1.54) is 7.11 Å². The van der Waals surface area contributed by atoms with Crippen LogP contribution in [-0.4, -0.2) is 31.5 Å². The summed E-state index contributed by atoms with van der Waals surface area (Å²) in [6, 6.07) is 9.23. The van der Waals surface area contributed by atoms with Crippen LogP contribution in [0.4, 0.5) is 5.69 Å². The molecule has 0 aromatic heterocycles. The SMILES string of the molecule is COC(=O)C(Br)CN(C)c1ccc(C#N)cc1. The minimum absolute atomic E-state index is 0.300. The molecule has 0 radical (unpaired) electrons. The molecule has 0 N–H and O–H groups in total. The van der Waals surface area contributed by atoms with Gasteiger partial charge < -0.3 is 9.64 Å². The third-order valence-corrected chi connectivity index (χ3v) is 2.99. The lowest BCUT2D eigenvalue weighted by Gasteiger charge is -2.21. The van der Waals surface area contributed by atoms with Crippen LogP contribution in [0.1, 0.15) is 5.56 Å². The summed E-state index contributed by atoms with van der Waals surface area (Å²) in [5, 5.41) is 8.68. The van der Waals surface area contributed by atoms with Crippen molar-refractivity contribution in [3.8, 4) is 6.07 Å². The van der Waals surface area contributed by atoms with Crippen molar-refractivity contribution in [2.45, 2.75) is 4.83 Å². The Morgan fingerprint density at radius 3 is 2.59 bits per heavy atom. The lowest BCUT2D eigenvalue weighted by molar-refractivity contribution is -0.139. The van der Waals surface area contributed by atoms with Crippen molar-refractivity contribution < 1.29 is 9.53 Å². The van der Waals surface area contributed by atoms with Crippen LogP contribution in [0.25, 0.3) is 0 Å². The first kappa shape index (κ1) is 13.5. The predicted molar refractivity (Wildman–Crippen MR) is 69.2 cm³/mol. The highest BCUT2D eigenvalue weighted by Gasteiger charge is 2.17. The summed E-state index contributed by atoms with van der Waals surface area (Å²) in [6.45, 7) is 0.499. The van der Waals surface area contributed by atoms with Crippen molar-refractivity contribution in [1.82, 2.24) is 0 Å². The van der Waals surface area contributed by atoms with Crippen molar-refractivity contribution in [2.24, 2.45) is 0 Å². The van der Waals surface area contributed by atoms with Gasteiger partial charge in [-0.1, -0.05) is 15.9 Å². The number of esters is 1. The van der Waals surface area contributed by atoms with Crippen LogP contribution in [0.5, 0.6) is 0 Å². The van der Waals surface area contributed by atoms with Gasteiger partial charge in [-0.05, 0) is 24.3 Å². The number of benzene rings is 1. The number of hydrogen-bond acceptors (Lipinski definition) is 4. The number of rotatable bonds is 4. The van der Waals surface area contributed by atoms with E-state index in [2.05, 4.69) is 26.7 Å². The van der Waals surface area contributed by atoms with Crippen molar-refractivity contribution >= 4 is 27.6 Å². The monoisotopic (exact) mass is 296 g/mol. The van der Waals surface area contributed by atoms with Crippen molar-refractivity contribution in [3.63, 3.8) is 0 Å². The number of carbonyl (C=O) groups excluding carboxylic acids is 1. The van der Waals surface area contributed by atoms with Gasteiger partial charge in [-0.25, -0.2) is 0 Å². The van der Waals surface area contributed by atoms with Gasteiger partial charge in [0.15, 0.2) is 0 Å². The van der Waals surface area contributed by atoms with Gasteiger partial charge in [0.1, 0.15) is 4.83 Å². The van der Waals surface area contributed by atoms with E-state index in [1.807, 2.05) is 24.1 Å². The Labute approximate surface area is 109 Å². The van der Waals surface area contributed by atoms with Crippen LogP contribution >= 0.6 is 15.9 Å². The first-order valence-electron chi connectivity index (χ1n) is 5.01. The van der Waals surface area contributed by atoms with Crippen LogP contribution in [0, 0.1) is 11.3 Å². The van der Waals surface area contributed by atoms with Crippen LogP contribution in [-0.2, 0) is 9.53 Å². The van der Waals surface area contributed by atoms with Gasteiger partial charge in [-0.15, -0.1) is 0 Å². The van der Waals surface area contributed by atoms with E-state index < -0.39 is 0 Å². The molecule has 90 valence electrons. The standard InChI is InChI=1S/C12H13BrN2O2/c1-15(8-11(13)12(16)17-2)10-5-3-9(7-14)4-6-10/h3-6,11H,8H2,1-2H3. The molecule has 1 atom stereocenters. The zero-order valence-electron chi connectivity index (χ0n) is 9.68. The average molecular weight is 297 g/mol. The maximum Gasteiger partial charge on any atom is 0.321 e. The third kappa shape index (κ3) is 3.75. The predicted octanol–water partition coefficient (Wildman–Crippen LogP) is 1.93. The maximum absolute atomic E-state index is 11.2. The second-order valence-electron chi connectivity index (χ2n) is 3.53. The fourth-order valence-electron chi connectivity index (χ4n) is 1.34. The molecule has 1 aromatic rings. The Morgan fingerprint density at radius 1 is 1.53 bits per heavy atom. The molecule has 0 aliphatic rings. The van der Waals surface area contributed by atoms with Gasteiger partial charge >= 0.3 is 5.97 Å². The number of nitrogens with zero attached hydrogens (tertiary/aromatic N) is 2. The van der Waals surface area contributed by atoms with Gasteiger partial charge in [0.05, 0.1) is 18.7 Å². The molecule has 0 heterocycles. The first-order chi connectivity index (χ1) is 8.08. The molecule has 1 aromatic carbocycles. The van der Waals surface area contributed by atoms with E-state index in [0.717, 1.165) is 5.69 Å². The normalized spacial score (nSPS) is 11.4. The second-order valence-corrected chi connectivity index (χ2v) is 4.64. The van der Waals surface area contributed by atoms with E-state index >= 15 is 0 Å². The van der Waals surface area contributed by atoms with Crippen LogP contribution in [0.2, 0.25) is 0 Å². The molecule has 1 unspecified atom stereocenters. The molecule has 0 aliphatic carbocycles. The first-order valence-corrected chi connectivity index (χ1v) is 5.93. The maximum atomic E-state index is 11.2. The molecule has 17 heavy (non-hydrogen) atoms. The summed E-state index contributed by atoms with van der Waals surface area (Å²) in [4.78, 5) is 12.8. The number of alkyl halides is 1. The van der Waals surface area contributed by atoms with Crippen molar-refractivity contribution in [1.29, 1.82) is 5.26 Å². The summed E-state index contributed by atoms with van der Waals surface area (Å²) >= 11 is 3.26. The van der Waals surface area contributed by atoms with Crippen LogP contribution in [0.3, 0.4) is 0 Å². The minimum Gasteiger partial charge on any atom is -0.468 e. The molecule has 0 spiro atoms. The highest BCUT2D eigenvalue weighted by Crippen LogP contribution is 2.15. The summed E-state index contributed by atoms with van der Waals surface area (Å²) < 4.78 is 4.63. The number of ether oxygens (including phenoxy) is 1. The molecule has 0 saturated heterocycles. The van der Waals surface area contributed by atoms with Crippen molar-refractivity contribution in [2.75, 3.05) is 25.6 Å². The molecular weight excluding hydrogens is 284 g/mol. The van der Waals surface area contributed by atoms with E-state index in [4.69, 9.17) is 5.26 Å². The van der Waals surface area contributed by atoms with E-state index in [0.29, 0.717) is 12.1 Å². The number of carbonyl (C=O) groups is 1. The Bertz CT molecular complexity index is 425. The third-order valence-electron chi connectivity index (χ3n) is 2.33. The van der Waals surface area contributed by atoms with E-state index in [-0.39, 0.29) is 10.8 Å². The Morgan fingerprint density at radius 2 is 2.12 bits per heavy atom. The largest absolute Gasteiger partial charge is 0.468 e. The molecule has 0 bridgehead atoms. The number of hydrogen-bond donors (Lipinski definition) is 0. The molecule has 0 fully saturated rings. The fourth-order valence-corrected chi connectivity index (χ4v) is 1.96. The molecule has 0 amide bonds. The van der Waals surface area contributed by atoms with Crippen LogP contribution < -0.4 is 4.90 Å². The van der Waals surface area contributed by atoms with Gasteiger partial charge in [-0.3, -0.25) is 4.79 Å². The highest BCUT2D eigenvalue weighted by atomic mass is 79.9. The fraction of sp³-hybridized carbons (Fsp3) is 0.333. The quantitative estimate of drug-likeness (QED) is 0.629. The number of methoxy groups -OCH3 is 1. The smallest absolute Gasteiger partial charge is 0.321 e. The van der Waals surface area contributed by atoms with E-state index in [1.54, 1.807) is 12.1 Å². The zero-order chi connectivity index (χ0) is 12.8. The Hall–Kier alpha value is -1.54. The lowest BCUT2D eigenvalue weighted by Crippen LogP contribution is -2.31. The molecule has 5 heteroatoms. The summed E-state index contributed by atoms with van der Waals surface area (Å²) in [6.07, 6.45) is 0. The van der Waals surface area contributed by atoms with Crippen molar-refractivity contribution in [3.05, 3.63) is 29.8 Å². The summed E-state index contributed by atoms with van der Waals surface area (Å²) in [7, 11) is 3.23. The highest BCUT2D eigenvalue weighted by molar-refractivity contribution is 9.10. The molecular formula is C12H13BrN2O2. The molecule has 0 saturated carbocycles. The number of anilines is 1. The van der Waals surface area contributed by atoms with Gasteiger partial charge in [0.2, 0.25) is 0 Å². The molecule has 1 rings (SSSR count). The van der Waals surface area contributed by atoms with E-state index in [9.17, 15) is 4.79 Å². The van der Waals surface area contributed by atoms with Gasteiger partial charge in [-0.2, -0.15) is 5.26 Å². The minimum atomic E-state index is -0.367. The lowest BCUT2D eigenvalue weighted by atomic mass is 10.2. The summed E-state index contributed by atoms with van der Waals surface area (Å²) in [5.74, 6) is -0.300. The second kappa shape index (κ2) is 6.26. The Kier molecular flexibility index (Phi) is 4.98. The topological polar surface area (TPSA) is 53.3 Å². The Balaban J connectivity index is 2.66. The zero-order valence-corrected chi connectivity index (χ0v) is 11.3. The number of halogens is 1. The molecule has 0 aliphatic heterocycles. The van der Waals surface area contributed by atoms with Crippen LogP contribution in [0.15, 0.2) is 24.3 Å². The van der Waals surface area contributed by atoms with Gasteiger partial charge in [0, 0.05) is 19.3 Å².